The summed E-state index contributed by atoms with van der Waals surface area (Å²) in [5, 5.41) is 12.1. The van der Waals surface area contributed by atoms with Gasteiger partial charge in [-0.3, -0.25) is 4.79 Å². The van der Waals surface area contributed by atoms with Gasteiger partial charge in [0.05, 0.1) is 13.0 Å². The molecular weight excluding hydrogens is 190 g/mol. The van der Waals surface area contributed by atoms with E-state index in [1.807, 2.05) is 32.0 Å². The van der Waals surface area contributed by atoms with E-state index in [-0.39, 0.29) is 17.9 Å². The Balaban J connectivity index is 2.39. The van der Waals surface area contributed by atoms with Gasteiger partial charge in [0.25, 0.3) is 0 Å². The molecule has 1 amide bonds. The molecule has 0 spiro atoms. The Morgan fingerprint density at radius 2 is 2.20 bits per heavy atom. The first-order valence-electron chi connectivity index (χ1n) is 5.07. The first-order valence-corrected chi connectivity index (χ1v) is 5.07. The normalized spacial score (nSPS) is 15.0. The van der Waals surface area contributed by atoms with Crippen molar-refractivity contribution in [2.75, 3.05) is 11.9 Å². The molecule has 0 saturated carbocycles. The molecule has 3 heteroatoms. The molecule has 3 nitrogen and oxygen atoms in total. The molecule has 0 atom stereocenters. The van der Waals surface area contributed by atoms with E-state index in [0.29, 0.717) is 6.42 Å². The third-order valence-corrected chi connectivity index (χ3v) is 2.91. The number of rotatable bonds is 2. The van der Waals surface area contributed by atoms with E-state index in [1.165, 1.54) is 0 Å². The summed E-state index contributed by atoms with van der Waals surface area (Å²) in [4.78, 5) is 11.2. The Kier molecular flexibility index (Phi) is 2.27. The fourth-order valence-corrected chi connectivity index (χ4v) is 1.74. The highest BCUT2D eigenvalue weighted by Crippen LogP contribution is 2.29. The second-order valence-electron chi connectivity index (χ2n) is 4.64. The van der Waals surface area contributed by atoms with Gasteiger partial charge in [0.2, 0.25) is 5.91 Å². The minimum absolute atomic E-state index is 0.0453. The van der Waals surface area contributed by atoms with Crippen LogP contribution in [0.2, 0.25) is 0 Å². The highest BCUT2D eigenvalue weighted by molar-refractivity contribution is 5.99. The molecule has 1 aliphatic rings. The van der Waals surface area contributed by atoms with E-state index >= 15 is 0 Å². The molecule has 0 fully saturated rings. The monoisotopic (exact) mass is 205 g/mol. The quantitative estimate of drug-likeness (QED) is 0.767. The molecule has 0 aromatic heterocycles. The summed E-state index contributed by atoms with van der Waals surface area (Å²) in [6.45, 7) is 4.07. The van der Waals surface area contributed by atoms with Crippen molar-refractivity contribution in [2.24, 2.45) is 0 Å². The van der Waals surface area contributed by atoms with Crippen molar-refractivity contribution in [3.8, 4) is 0 Å². The summed E-state index contributed by atoms with van der Waals surface area (Å²) in [5.74, 6) is 0.0453. The van der Waals surface area contributed by atoms with Gasteiger partial charge in [0.15, 0.2) is 0 Å². The van der Waals surface area contributed by atoms with Crippen LogP contribution < -0.4 is 5.32 Å². The molecule has 0 radical (unpaired) electrons. The Morgan fingerprint density at radius 1 is 1.47 bits per heavy atom. The molecule has 1 aromatic carbocycles. The molecule has 15 heavy (non-hydrogen) atoms. The van der Waals surface area contributed by atoms with Crippen LogP contribution in [0.25, 0.3) is 0 Å². The summed E-state index contributed by atoms with van der Waals surface area (Å²) in [6.07, 6.45) is 0.449. The second kappa shape index (κ2) is 3.35. The molecule has 0 bridgehead atoms. The van der Waals surface area contributed by atoms with Gasteiger partial charge in [-0.2, -0.15) is 0 Å². The highest BCUT2D eigenvalue weighted by atomic mass is 16.3. The van der Waals surface area contributed by atoms with Gasteiger partial charge >= 0.3 is 0 Å². The van der Waals surface area contributed by atoms with E-state index in [4.69, 9.17) is 0 Å². The lowest BCUT2D eigenvalue weighted by Crippen LogP contribution is -2.22. The summed E-state index contributed by atoms with van der Waals surface area (Å²) < 4.78 is 0. The Labute approximate surface area is 89.1 Å². The number of nitrogens with one attached hydrogen (secondary N) is 1. The lowest BCUT2D eigenvalue weighted by Gasteiger charge is -2.22. The Bertz CT molecular complexity index is 410. The van der Waals surface area contributed by atoms with Crippen LogP contribution in [0.15, 0.2) is 18.2 Å². The lowest BCUT2D eigenvalue weighted by atomic mass is 9.84. The summed E-state index contributed by atoms with van der Waals surface area (Å²) in [7, 11) is 0. The highest BCUT2D eigenvalue weighted by Gasteiger charge is 2.23. The number of benzene rings is 1. The number of carbonyl (C=O) groups is 1. The maximum Gasteiger partial charge on any atom is 0.228 e. The molecule has 1 heterocycles. The van der Waals surface area contributed by atoms with Gasteiger partial charge < -0.3 is 10.4 Å². The average Bonchev–Trinajstić information content (AvgIpc) is 2.56. The molecule has 2 rings (SSSR count). The van der Waals surface area contributed by atoms with Crippen molar-refractivity contribution in [3.63, 3.8) is 0 Å². The largest absolute Gasteiger partial charge is 0.395 e. The number of hydrogen-bond donors (Lipinski definition) is 2. The fraction of sp³-hybridized carbons (Fsp3) is 0.417. The smallest absolute Gasteiger partial charge is 0.228 e. The van der Waals surface area contributed by atoms with Crippen LogP contribution in [0.5, 0.6) is 0 Å². The van der Waals surface area contributed by atoms with E-state index in [9.17, 15) is 9.90 Å². The van der Waals surface area contributed by atoms with Crippen LogP contribution in [0.3, 0.4) is 0 Å². The molecule has 80 valence electrons. The predicted molar refractivity (Wildman–Crippen MR) is 58.9 cm³/mol. The van der Waals surface area contributed by atoms with Gasteiger partial charge in [0, 0.05) is 11.1 Å². The second-order valence-corrected chi connectivity index (χ2v) is 4.64. The fourth-order valence-electron chi connectivity index (χ4n) is 1.74. The van der Waals surface area contributed by atoms with Gasteiger partial charge in [-0.25, -0.2) is 0 Å². The minimum atomic E-state index is -0.249. The summed E-state index contributed by atoms with van der Waals surface area (Å²) >= 11 is 0. The maximum atomic E-state index is 11.2. The molecule has 1 aromatic rings. The van der Waals surface area contributed by atoms with Crippen molar-refractivity contribution in [3.05, 3.63) is 29.3 Å². The standard InChI is InChI=1S/C12H15NO2/c1-12(2,7-14)9-3-4-10-8(5-9)6-11(15)13-10/h3-5,14H,6-7H2,1-2H3,(H,13,15). The van der Waals surface area contributed by atoms with Crippen molar-refractivity contribution in [1.82, 2.24) is 0 Å². The number of amides is 1. The maximum absolute atomic E-state index is 11.2. The minimum Gasteiger partial charge on any atom is -0.395 e. The van der Waals surface area contributed by atoms with E-state index in [0.717, 1.165) is 16.8 Å². The topological polar surface area (TPSA) is 49.3 Å². The summed E-state index contributed by atoms with van der Waals surface area (Å²) in [6, 6.07) is 5.87. The Hall–Kier alpha value is -1.35. The van der Waals surface area contributed by atoms with Crippen LogP contribution in [-0.2, 0) is 16.6 Å². The van der Waals surface area contributed by atoms with E-state index in [2.05, 4.69) is 5.32 Å². The molecule has 0 aliphatic carbocycles. The van der Waals surface area contributed by atoms with Crippen LogP contribution in [0.1, 0.15) is 25.0 Å². The number of fused-ring (bicyclic) bond motifs is 1. The van der Waals surface area contributed by atoms with E-state index < -0.39 is 0 Å². The van der Waals surface area contributed by atoms with Crippen LogP contribution >= 0.6 is 0 Å². The number of aliphatic hydroxyl groups excluding tert-OH is 1. The van der Waals surface area contributed by atoms with Gasteiger partial charge in [-0.15, -0.1) is 0 Å². The first-order chi connectivity index (χ1) is 7.03. The SMILES string of the molecule is CC(C)(CO)c1ccc2c(c1)CC(=O)N2. The van der Waals surface area contributed by atoms with Crippen LogP contribution in [0.4, 0.5) is 5.69 Å². The van der Waals surface area contributed by atoms with Gasteiger partial charge in [-0.05, 0) is 17.2 Å². The first kappa shape index (κ1) is 10.2. The number of carbonyl (C=O) groups excluding carboxylic acids is 1. The predicted octanol–water partition coefficient (Wildman–Crippen LogP) is 1.45. The van der Waals surface area contributed by atoms with E-state index in [1.54, 1.807) is 0 Å². The van der Waals surface area contributed by atoms with Crippen molar-refractivity contribution in [2.45, 2.75) is 25.7 Å². The zero-order valence-electron chi connectivity index (χ0n) is 9.00. The summed E-state index contributed by atoms with van der Waals surface area (Å²) in [5.41, 5.74) is 2.75. The average molecular weight is 205 g/mol. The zero-order chi connectivity index (χ0) is 11.1. The van der Waals surface area contributed by atoms with Crippen molar-refractivity contribution < 1.29 is 9.90 Å². The number of anilines is 1. The molecule has 2 N–H and O–H groups in total. The number of hydrogen-bond acceptors (Lipinski definition) is 2. The third-order valence-electron chi connectivity index (χ3n) is 2.91. The van der Waals surface area contributed by atoms with Crippen LogP contribution in [0, 0.1) is 0 Å². The zero-order valence-corrected chi connectivity index (χ0v) is 9.00. The molecular formula is C12H15NO2. The van der Waals surface area contributed by atoms with Crippen LogP contribution in [-0.4, -0.2) is 17.6 Å². The molecule has 0 unspecified atom stereocenters. The lowest BCUT2D eigenvalue weighted by molar-refractivity contribution is -0.115. The molecule has 0 saturated heterocycles. The van der Waals surface area contributed by atoms with Gasteiger partial charge in [-0.1, -0.05) is 26.0 Å². The van der Waals surface area contributed by atoms with Crippen molar-refractivity contribution in [1.29, 1.82) is 0 Å². The third kappa shape index (κ3) is 1.75. The van der Waals surface area contributed by atoms with Gasteiger partial charge in [0.1, 0.15) is 0 Å². The number of aliphatic hydroxyl groups is 1. The van der Waals surface area contributed by atoms with Crippen molar-refractivity contribution >= 4 is 11.6 Å². The Morgan fingerprint density at radius 3 is 2.87 bits per heavy atom. The molecule has 1 aliphatic heterocycles.